The predicted molar refractivity (Wildman–Crippen MR) is 66.2 cm³/mol. The van der Waals surface area contributed by atoms with E-state index in [9.17, 15) is 4.79 Å². The number of hydrogen-bond donors (Lipinski definition) is 1. The molecule has 0 saturated heterocycles. The molecule has 0 aliphatic heterocycles. The average molecular weight is 227 g/mol. The van der Waals surface area contributed by atoms with Crippen molar-refractivity contribution < 1.29 is 14.6 Å². The fourth-order valence-corrected chi connectivity index (χ4v) is 0.807. The first kappa shape index (κ1) is 15.2. The number of Topliss-reactive ketones (excluding diaryl/α,β-unsaturated/α-hetero) is 1. The van der Waals surface area contributed by atoms with E-state index in [1.54, 1.807) is 34.6 Å². The molecular formula is C11H22BNO3+. The highest BCUT2D eigenvalue weighted by Crippen LogP contribution is 2.25. The van der Waals surface area contributed by atoms with Crippen LogP contribution in [0.15, 0.2) is 11.2 Å². The maximum atomic E-state index is 11.3. The van der Waals surface area contributed by atoms with Gasteiger partial charge in [0.2, 0.25) is 0 Å². The van der Waals surface area contributed by atoms with Crippen LogP contribution in [0.25, 0.3) is 0 Å². The zero-order chi connectivity index (χ0) is 13.1. The third-order valence-corrected chi connectivity index (χ3v) is 2.78. The maximum absolute atomic E-state index is 11.3. The summed E-state index contributed by atoms with van der Waals surface area (Å²) in [5.41, 5.74) is 4.90. The standard InChI is InChI=1S/C11H21BNO3/c1-7(13)9(8(2)14)12-16-11(5,6)10(3,4)15/h15H,13H2,1-6H3/p+1. The highest BCUT2D eigenvalue weighted by molar-refractivity contribution is 6.48. The number of rotatable bonds is 5. The third kappa shape index (κ3) is 3.98. The van der Waals surface area contributed by atoms with Gasteiger partial charge in [0.15, 0.2) is 11.4 Å². The summed E-state index contributed by atoms with van der Waals surface area (Å²) in [6, 6.07) is 0. The Morgan fingerprint density at radius 1 is 1.25 bits per heavy atom. The summed E-state index contributed by atoms with van der Waals surface area (Å²) in [7, 11) is 1.36. The highest BCUT2D eigenvalue weighted by atomic mass is 16.5. The molecule has 0 unspecified atom stereocenters. The Bertz CT molecular complexity index is 299. The molecule has 0 heterocycles. The lowest BCUT2D eigenvalue weighted by Crippen LogP contribution is -2.48. The summed E-state index contributed by atoms with van der Waals surface area (Å²) in [5, 5.41) is 7.92. The van der Waals surface area contributed by atoms with E-state index < -0.39 is 11.2 Å². The van der Waals surface area contributed by atoms with E-state index in [2.05, 4.69) is 0 Å². The largest absolute Gasteiger partial charge is 0.439 e. The third-order valence-electron chi connectivity index (χ3n) is 2.78. The summed E-state index contributed by atoms with van der Waals surface area (Å²) in [5.74, 6) is -0.140. The minimum Gasteiger partial charge on any atom is -0.439 e. The fraction of sp³-hybridized carbons (Fsp3) is 0.727. The van der Waals surface area contributed by atoms with Crippen molar-refractivity contribution in [3.8, 4) is 0 Å². The molecule has 0 aromatic rings. The van der Waals surface area contributed by atoms with Crippen LogP contribution in [0.2, 0.25) is 0 Å². The summed E-state index contributed by atoms with van der Waals surface area (Å²) in [4.78, 5) is 11.3. The van der Waals surface area contributed by atoms with Crippen molar-refractivity contribution in [1.82, 2.24) is 0 Å². The minimum atomic E-state index is -0.770. The van der Waals surface area contributed by atoms with Gasteiger partial charge in [0.25, 0.3) is 0 Å². The lowest BCUT2D eigenvalue weighted by atomic mass is 9.79. The van der Waals surface area contributed by atoms with Gasteiger partial charge < -0.3 is 15.5 Å². The van der Waals surface area contributed by atoms with Gasteiger partial charge in [-0.05, 0) is 27.7 Å². The molecule has 16 heavy (non-hydrogen) atoms. The molecule has 4 N–H and O–H groups in total. The molecule has 0 saturated carbocycles. The minimum absolute atomic E-state index is 0.140. The molecule has 0 aromatic carbocycles. The van der Waals surface area contributed by atoms with E-state index in [1.807, 2.05) is 0 Å². The van der Waals surface area contributed by atoms with Crippen LogP contribution in [0.4, 0.5) is 0 Å². The van der Waals surface area contributed by atoms with Crippen molar-refractivity contribution in [2.45, 2.75) is 52.7 Å². The summed E-state index contributed by atoms with van der Waals surface area (Å²) < 4.78 is 5.51. The molecule has 0 aromatic heterocycles. The van der Waals surface area contributed by atoms with E-state index >= 15 is 0 Å². The van der Waals surface area contributed by atoms with Gasteiger partial charge in [-0.3, -0.25) is 4.79 Å². The van der Waals surface area contributed by atoms with Crippen LogP contribution in [0.3, 0.4) is 0 Å². The summed E-state index contributed by atoms with van der Waals surface area (Å²) in [6.07, 6.45) is 0. The summed E-state index contributed by atoms with van der Waals surface area (Å²) in [6.45, 7) is 10.2. The van der Waals surface area contributed by atoms with Crippen LogP contribution in [0.1, 0.15) is 41.5 Å². The van der Waals surface area contributed by atoms with E-state index in [0.717, 1.165) is 0 Å². The first-order chi connectivity index (χ1) is 6.99. The second-order valence-electron chi connectivity index (χ2n) is 5.02. The Morgan fingerprint density at radius 3 is 1.94 bits per heavy atom. The first-order valence-corrected chi connectivity index (χ1v) is 5.22. The van der Waals surface area contributed by atoms with Crippen molar-refractivity contribution in [3.63, 3.8) is 0 Å². The van der Waals surface area contributed by atoms with Gasteiger partial charge in [0, 0.05) is 25.0 Å². The van der Waals surface area contributed by atoms with Crippen LogP contribution < -0.4 is 5.73 Å². The Balaban J connectivity index is 4.69. The quantitative estimate of drug-likeness (QED) is 0.426. The SMILES string of the molecule is CC(=O)C([B]OC(C)(C)C(C)(C)[OH2+])=C(C)N. The monoisotopic (exact) mass is 227 g/mol. The number of nitrogens with two attached hydrogens (primary N) is 1. The molecule has 0 amide bonds. The van der Waals surface area contributed by atoms with Gasteiger partial charge in [-0.2, -0.15) is 0 Å². The smallest absolute Gasteiger partial charge is 0.336 e. The molecule has 0 aliphatic carbocycles. The van der Waals surface area contributed by atoms with Crippen molar-refractivity contribution in [3.05, 3.63) is 11.2 Å². The molecule has 0 rings (SSSR count). The number of ketones is 1. The first-order valence-electron chi connectivity index (χ1n) is 5.22. The Hall–Kier alpha value is -0.805. The number of carbonyl (C=O) groups is 1. The van der Waals surface area contributed by atoms with Crippen LogP contribution in [-0.4, -0.2) is 29.6 Å². The number of carbonyl (C=O) groups excluding carboxylic acids is 1. The molecule has 0 fully saturated rings. The summed E-state index contributed by atoms with van der Waals surface area (Å²) >= 11 is 0. The molecule has 1 radical (unpaired) electrons. The molecular weight excluding hydrogens is 205 g/mol. The van der Waals surface area contributed by atoms with Crippen molar-refractivity contribution in [2.75, 3.05) is 0 Å². The van der Waals surface area contributed by atoms with E-state index in [1.165, 1.54) is 14.4 Å². The maximum Gasteiger partial charge on any atom is 0.336 e. The zero-order valence-electron chi connectivity index (χ0n) is 11.0. The molecule has 5 heteroatoms. The van der Waals surface area contributed by atoms with Crippen LogP contribution in [-0.2, 0) is 9.45 Å². The van der Waals surface area contributed by atoms with Gasteiger partial charge >= 0.3 is 7.48 Å². The van der Waals surface area contributed by atoms with Gasteiger partial charge in [0.05, 0.1) is 0 Å². The normalized spacial score (nSPS) is 14.4. The molecule has 0 spiro atoms. The average Bonchev–Trinajstić information content (AvgIpc) is 1.99. The Kier molecular flexibility index (Phi) is 4.76. The van der Waals surface area contributed by atoms with Crippen molar-refractivity contribution in [2.24, 2.45) is 5.73 Å². The van der Waals surface area contributed by atoms with Crippen LogP contribution in [0, 0.1) is 0 Å². The van der Waals surface area contributed by atoms with Gasteiger partial charge in [-0.1, -0.05) is 0 Å². The van der Waals surface area contributed by atoms with E-state index in [4.69, 9.17) is 15.5 Å². The van der Waals surface area contributed by atoms with Crippen molar-refractivity contribution >= 4 is 13.3 Å². The van der Waals surface area contributed by atoms with Crippen LogP contribution >= 0.6 is 0 Å². The van der Waals surface area contributed by atoms with Gasteiger partial charge in [0.1, 0.15) is 5.60 Å². The molecule has 91 valence electrons. The Morgan fingerprint density at radius 2 is 1.69 bits per heavy atom. The molecule has 0 aliphatic rings. The van der Waals surface area contributed by atoms with Gasteiger partial charge in [-0.25, -0.2) is 0 Å². The van der Waals surface area contributed by atoms with E-state index in [0.29, 0.717) is 11.2 Å². The van der Waals surface area contributed by atoms with E-state index in [-0.39, 0.29) is 5.78 Å². The molecule has 0 bridgehead atoms. The molecule has 0 atom stereocenters. The second-order valence-corrected chi connectivity index (χ2v) is 5.02. The Labute approximate surface area is 98.1 Å². The topological polar surface area (TPSA) is 75.2 Å². The fourth-order valence-electron chi connectivity index (χ4n) is 0.807. The van der Waals surface area contributed by atoms with Crippen molar-refractivity contribution in [1.29, 1.82) is 0 Å². The van der Waals surface area contributed by atoms with Crippen LogP contribution in [0.5, 0.6) is 0 Å². The number of hydrogen-bond acceptors (Lipinski definition) is 3. The van der Waals surface area contributed by atoms with Gasteiger partial charge in [-0.15, -0.1) is 0 Å². The highest BCUT2D eigenvalue weighted by Gasteiger charge is 2.40. The number of allylic oxidation sites excluding steroid dienone is 2. The lowest BCUT2D eigenvalue weighted by Gasteiger charge is -2.33. The second kappa shape index (κ2) is 5.02. The zero-order valence-corrected chi connectivity index (χ0v) is 11.0. The predicted octanol–water partition coefficient (Wildman–Crippen LogP) is 0.683. The molecule has 4 nitrogen and oxygen atoms in total. The lowest BCUT2D eigenvalue weighted by molar-refractivity contribution is -0.113.